The van der Waals surface area contributed by atoms with Crippen molar-refractivity contribution < 1.29 is 14.3 Å². The molecule has 1 fully saturated rings. The number of piperidine rings is 1. The maximum absolute atomic E-state index is 12.5. The molecule has 3 heterocycles. The maximum atomic E-state index is 12.5. The topological polar surface area (TPSA) is 63.7 Å². The van der Waals surface area contributed by atoms with Crippen LogP contribution in [0.5, 0.6) is 11.5 Å². The number of aromatic nitrogens is 1. The molecule has 0 aliphatic carbocycles. The SMILES string of the molecule is O=C(C=Cc1ccccn1)N1CCCC(Nc2ccc3c(c2)OCCO3)C1. The summed E-state index contributed by atoms with van der Waals surface area (Å²) in [5, 5.41) is 3.52. The smallest absolute Gasteiger partial charge is 0.246 e. The Balaban J connectivity index is 1.36. The number of amides is 1. The van der Waals surface area contributed by atoms with Gasteiger partial charge in [0.1, 0.15) is 13.2 Å². The summed E-state index contributed by atoms with van der Waals surface area (Å²) < 4.78 is 11.2. The Morgan fingerprint density at radius 3 is 2.93 bits per heavy atom. The number of ether oxygens (including phenoxy) is 2. The first-order chi connectivity index (χ1) is 13.3. The number of rotatable bonds is 4. The van der Waals surface area contributed by atoms with E-state index in [0.29, 0.717) is 19.8 Å². The molecule has 1 unspecified atom stereocenters. The average molecular weight is 365 g/mol. The highest BCUT2D eigenvalue weighted by Crippen LogP contribution is 2.33. The number of hydrogen-bond donors (Lipinski definition) is 1. The average Bonchev–Trinajstić information content (AvgIpc) is 2.73. The zero-order valence-corrected chi connectivity index (χ0v) is 15.1. The predicted molar refractivity (Wildman–Crippen MR) is 104 cm³/mol. The van der Waals surface area contributed by atoms with E-state index < -0.39 is 0 Å². The number of nitrogens with zero attached hydrogens (tertiary/aromatic N) is 2. The van der Waals surface area contributed by atoms with Crippen molar-refractivity contribution in [3.63, 3.8) is 0 Å². The second kappa shape index (κ2) is 8.12. The first-order valence-corrected chi connectivity index (χ1v) is 9.32. The third-order valence-corrected chi connectivity index (χ3v) is 4.73. The van der Waals surface area contributed by atoms with E-state index in [-0.39, 0.29) is 11.9 Å². The second-order valence-electron chi connectivity index (χ2n) is 6.71. The van der Waals surface area contributed by atoms with Gasteiger partial charge in [-0.15, -0.1) is 0 Å². The third kappa shape index (κ3) is 4.39. The second-order valence-corrected chi connectivity index (χ2v) is 6.71. The molecule has 1 saturated heterocycles. The zero-order valence-electron chi connectivity index (χ0n) is 15.1. The predicted octanol–water partition coefficient (Wildman–Crippen LogP) is 2.97. The minimum Gasteiger partial charge on any atom is -0.486 e. The number of anilines is 1. The molecule has 27 heavy (non-hydrogen) atoms. The molecule has 6 heteroatoms. The first kappa shape index (κ1) is 17.4. The highest BCUT2D eigenvalue weighted by atomic mass is 16.6. The number of benzene rings is 1. The van der Waals surface area contributed by atoms with Gasteiger partial charge in [-0.1, -0.05) is 6.07 Å². The van der Waals surface area contributed by atoms with Gasteiger partial charge in [-0.3, -0.25) is 9.78 Å². The Morgan fingerprint density at radius 2 is 2.07 bits per heavy atom. The minimum absolute atomic E-state index is 0.0225. The number of carbonyl (C=O) groups excluding carboxylic acids is 1. The van der Waals surface area contributed by atoms with Gasteiger partial charge in [-0.05, 0) is 43.2 Å². The van der Waals surface area contributed by atoms with Gasteiger partial charge in [0.15, 0.2) is 11.5 Å². The highest BCUT2D eigenvalue weighted by Gasteiger charge is 2.23. The van der Waals surface area contributed by atoms with Gasteiger partial charge in [0.05, 0.1) is 5.69 Å². The van der Waals surface area contributed by atoms with Gasteiger partial charge < -0.3 is 19.7 Å². The van der Waals surface area contributed by atoms with E-state index in [2.05, 4.69) is 10.3 Å². The van der Waals surface area contributed by atoms with Crippen molar-refractivity contribution in [2.24, 2.45) is 0 Å². The summed E-state index contributed by atoms with van der Waals surface area (Å²) in [4.78, 5) is 18.6. The van der Waals surface area contributed by atoms with Crippen LogP contribution in [0.1, 0.15) is 18.5 Å². The Morgan fingerprint density at radius 1 is 1.19 bits per heavy atom. The van der Waals surface area contributed by atoms with Gasteiger partial charge in [-0.25, -0.2) is 0 Å². The molecular formula is C21H23N3O3. The van der Waals surface area contributed by atoms with E-state index in [0.717, 1.165) is 42.3 Å². The largest absolute Gasteiger partial charge is 0.486 e. The summed E-state index contributed by atoms with van der Waals surface area (Å²) in [6, 6.07) is 11.8. The summed E-state index contributed by atoms with van der Waals surface area (Å²) in [6.45, 7) is 2.63. The summed E-state index contributed by atoms with van der Waals surface area (Å²) in [5.41, 5.74) is 1.77. The lowest BCUT2D eigenvalue weighted by molar-refractivity contribution is -0.126. The fourth-order valence-corrected chi connectivity index (χ4v) is 3.40. The molecule has 1 aromatic carbocycles. The molecule has 0 bridgehead atoms. The highest BCUT2D eigenvalue weighted by molar-refractivity contribution is 5.91. The third-order valence-electron chi connectivity index (χ3n) is 4.73. The number of nitrogens with one attached hydrogen (secondary N) is 1. The molecule has 0 spiro atoms. The van der Waals surface area contributed by atoms with Gasteiger partial charge in [0.2, 0.25) is 5.91 Å². The van der Waals surface area contributed by atoms with Gasteiger partial charge in [0.25, 0.3) is 0 Å². The number of pyridine rings is 1. The summed E-state index contributed by atoms with van der Waals surface area (Å²) in [7, 11) is 0. The fraction of sp³-hybridized carbons (Fsp3) is 0.333. The van der Waals surface area contributed by atoms with Crippen molar-refractivity contribution in [2.75, 3.05) is 31.6 Å². The van der Waals surface area contributed by atoms with Crippen molar-refractivity contribution in [1.29, 1.82) is 0 Å². The van der Waals surface area contributed by atoms with Crippen LogP contribution < -0.4 is 14.8 Å². The van der Waals surface area contributed by atoms with E-state index in [1.807, 2.05) is 41.3 Å². The van der Waals surface area contributed by atoms with Crippen LogP contribution in [0.4, 0.5) is 5.69 Å². The van der Waals surface area contributed by atoms with Crippen LogP contribution in [0.3, 0.4) is 0 Å². The lowest BCUT2D eigenvalue weighted by Gasteiger charge is -2.33. The maximum Gasteiger partial charge on any atom is 0.246 e. The van der Waals surface area contributed by atoms with Crippen LogP contribution in [0.15, 0.2) is 48.7 Å². The molecular weight excluding hydrogens is 342 g/mol. The lowest BCUT2D eigenvalue weighted by Crippen LogP contribution is -2.44. The number of likely N-dealkylation sites (tertiary alicyclic amines) is 1. The Bertz CT molecular complexity index is 823. The van der Waals surface area contributed by atoms with E-state index in [9.17, 15) is 4.79 Å². The van der Waals surface area contributed by atoms with Crippen LogP contribution in [0.2, 0.25) is 0 Å². The van der Waals surface area contributed by atoms with Crippen LogP contribution >= 0.6 is 0 Å². The summed E-state index contributed by atoms with van der Waals surface area (Å²) in [6.07, 6.45) is 7.10. The quantitative estimate of drug-likeness (QED) is 0.844. The van der Waals surface area contributed by atoms with Crippen molar-refractivity contribution in [3.8, 4) is 11.5 Å². The first-order valence-electron chi connectivity index (χ1n) is 9.32. The number of fused-ring (bicyclic) bond motifs is 1. The molecule has 140 valence electrons. The molecule has 1 aromatic heterocycles. The van der Waals surface area contributed by atoms with Crippen LogP contribution in [0, 0.1) is 0 Å². The number of hydrogen-bond acceptors (Lipinski definition) is 5. The van der Waals surface area contributed by atoms with Crippen molar-refractivity contribution in [2.45, 2.75) is 18.9 Å². The minimum atomic E-state index is 0.0225. The number of carbonyl (C=O) groups is 1. The normalized spacial score (nSPS) is 19.1. The van der Waals surface area contributed by atoms with Crippen molar-refractivity contribution >= 4 is 17.7 Å². The Hall–Kier alpha value is -3.02. The monoisotopic (exact) mass is 365 g/mol. The van der Waals surface area contributed by atoms with E-state index >= 15 is 0 Å². The van der Waals surface area contributed by atoms with E-state index in [4.69, 9.17) is 9.47 Å². The molecule has 0 saturated carbocycles. The Kier molecular flexibility index (Phi) is 5.23. The van der Waals surface area contributed by atoms with Crippen molar-refractivity contribution in [3.05, 3.63) is 54.4 Å². The molecule has 2 aliphatic rings. The molecule has 6 nitrogen and oxygen atoms in total. The van der Waals surface area contributed by atoms with Crippen LogP contribution in [0.25, 0.3) is 6.08 Å². The van der Waals surface area contributed by atoms with Crippen LogP contribution in [-0.2, 0) is 4.79 Å². The van der Waals surface area contributed by atoms with Gasteiger partial charge in [0, 0.05) is 43.2 Å². The molecule has 2 aliphatic heterocycles. The Labute approximate surface area is 158 Å². The standard InChI is InChI=1S/C21H23N3O3/c25-21(9-7-16-4-1-2-10-22-16)24-11-3-5-18(15-24)23-17-6-8-19-20(14-17)27-13-12-26-19/h1-2,4,6-10,14,18,23H,3,5,11-13,15H2. The molecule has 2 aromatic rings. The van der Waals surface area contributed by atoms with Gasteiger partial charge in [-0.2, -0.15) is 0 Å². The zero-order chi connectivity index (χ0) is 18.5. The van der Waals surface area contributed by atoms with Crippen molar-refractivity contribution in [1.82, 2.24) is 9.88 Å². The van der Waals surface area contributed by atoms with Crippen LogP contribution in [-0.4, -0.2) is 48.1 Å². The van der Waals surface area contributed by atoms with Gasteiger partial charge >= 0.3 is 0 Å². The fourth-order valence-electron chi connectivity index (χ4n) is 3.40. The molecule has 1 atom stereocenters. The van der Waals surface area contributed by atoms with E-state index in [1.165, 1.54) is 0 Å². The molecule has 0 radical (unpaired) electrons. The molecule has 1 N–H and O–H groups in total. The summed E-state index contributed by atoms with van der Waals surface area (Å²) >= 11 is 0. The van der Waals surface area contributed by atoms with E-state index in [1.54, 1.807) is 18.3 Å². The molecule has 4 rings (SSSR count). The summed E-state index contributed by atoms with van der Waals surface area (Å²) in [5.74, 6) is 1.58. The molecule has 1 amide bonds. The lowest BCUT2D eigenvalue weighted by atomic mass is 10.0.